The maximum atomic E-state index is 3.44. The third-order valence-electron chi connectivity index (χ3n) is 1.19. The Morgan fingerprint density at radius 1 is 1.45 bits per heavy atom. The van der Waals surface area contributed by atoms with Crippen LogP contribution in [0.25, 0.3) is 0 Å². The molecular weight excluding hydrogens is 136 g/mol. The fraction of sp³-hybridized carbons (Fsp3) is 0.222. The molecule has 60 valence electrons. The van der Waals surface area contributed by atoms with Crippen LogP contribution >= 0.6 is 0 Å². The Hall–Kier alpha value is -1.31. The van der Waals surface area contributed by atoms with Gasteiger partial charge in [0.25, 0.3) is 0 Å². The van der Waals surface area contributed by atoms with Crippen LogP contribution in [0.2, 0.25) is 0 Å². The van der Waals surface area contributed by atoms with Gasteiger partial charge in [-0.15, -0.1) is 0 Å². The van der Waals surface area contributed by atoms with Crippen LogP contribution in [0.15, 0.2) is 41.2 Å². The molecule has 0 aliphatic rings. The highest BCUT2D eigenvalue weighted by molar-refractivity contribution is 5.23. The van der Waals surface area contributed by atoms with Gasteiger partial charge in [0, 0.05) is 12.9 Å². The molecule has 0 aromatic carbocycles. The molecule has 0 amide bonds. The maximum Gasteiger partial charge on any atom is 0.0199 e. The first-order valence-electron chi connectivity index (χ1n) is 3.48. The van der Waals surface area contributed by atoms with Crippen molar-refractivity contribution in [2.45, 2.75) is 13.8 Å². The van der Waals surface area contributed by atoms with Crippen molar-refractivity contribution in [3.8, 4) is 0 Å². The number of rotatable bonds is 4. The molecular formula is C9H14N2. The molecule has 0 saturated heterocycles. The minimum atomic E-state index is 1.24. The average Bonchev–Trinajstić information content (AvgIpc) is 2.04. The Balaban J connectivity index is 3.67. The van der Waals surface area contributed by atoms with E-state index in [1.165, 1.54) is 5.57 Å². The molecule has 1 N–H and O–H groups in total. The second kappa shape index (κ2) is 6.81. The molecule has 0 aliphatic heterocycles. The number of hydrogen-bond donors (Lipinski definition) is 1. The number of hydrogen-bond acceptors (Lipinski definition) is 2. The highest BCUT2D eigenvalue weighted by Gasteiger charge is 1.72. The topological polar surface area (TPSA) is 24.4 Å². The molecule has 0 bridgehead atoms. The van der Waals surface area contributed by atoms with Crippen molar-refractivity contribution >= 4 is 6.72 Å². The number of hydrazone groups is 1. The van der Waals surface area contributed by atoms with E-state index < -0.39 is 0 Å². The van der Waals surface area contributed by atoms with E-state index in [1.54, 1.807) is 6.20 Å². The molecule has 0 spiro atoms. The summed E-state index contributed by atoms with van der Waals surface area (Å²) in [6, 6.07) is 0. The molecule has 0 aliphatic carbocycles. The van der Waals surface area contributed by atoms with Crippen LogP contribution in [0, 0.1) is 0 Å². The molecule has 0 fully saturated rings. The zero-order valence-corrected chi connectivity index (χ0v) is 7.04. The Morgan fingerprint density at radius 2 is 2.18 bits per heavy atom. The van der Waals surface area contributed by atoms with Gasteiger partial charge >= 0.3 is 0 Å². The first kappa shape index (κ1) is 9.69. The predicted molar refractivity (Wildman–Crippen MR) is 50.4 cm³/mol. The summed E-state index contributed by atoms with van der Waals surface area (Å²) < 4.78 is 0. The number of allylic oxidation sites excluding steroid dienone is 5. The van der Waals surface area contributed by atoms with Crippen LogP contribution in [-0.4, -0.2) is 6.72 Å². The van der Waals surface area contributed by atoms with Gasteiger partial charge in [-0.05, 0) is 19.9 Å². The quantitative estimate of drug-likeness (QED) is 0.371. The van der Waals surface area contributed by atoms with Crippen LogP contribution in [0.3, 0.4) is 0 Å². The Morgan fingerprint density at radius 3 is 2.73 bits per heavy atom. The lowest BCUT2D eigenvalue weighted by molar-refractivity contribution is 0.981. The van der Waals surface area contributed by atoms with Gasteiger partial charge in [0.15, 0.2) is 0 Å². The van der Waals surface area contributed by atoms with Crippen molar-refractivity contribution in [2.24, 2.45) is 5.10 Å². The SMILES string of the molecule is C=NN/C=C/C=C\C(C)=C/C. The second-order valence-electron chi connectivity index (χ2n) is 2.04. The van der Waals surface area contributed by atoms with Crippen molar-refractivity contribution in [1.29, 1.82) is 0 Å². The van der Waals surface area contributed by atoms with E-state index in [4.69, 9.17) is 0 Å². The van der Waals surface area contributed by atoms with Crippen LogP contribution in [0.5, 0.6) is 0 Å². The van der Waals surface area contributed by atoms with Gasteiger partial charge in [0.1, 0.15) is 0 Å². The van der Waals surface area contributed by atoms with E-state index in [0.29, 0.717) is 0 Å². The monoisotopic (exact) mass is 150 g/mol. The summed E-state index contributed by atoms with van der Waals surface area (Å²) >= 11 is 0. The highest BCUT2D eigenvalue weighted by atomic mass is 15.3. The molecule has 0 aromatic rings. The van der Waals surface area contributed by atoms with Gasteiger partial charge in [0.2, 0.25) is 0 Å². The fourth-order valence-corrected chi connectivity index (χ4v) is 0.455. The van der Waals surface area contributed by atoms with Crippen molar-refractivity contribution in [3.63, 3.8) is 0 Å². The Labute approximate surface area is 68.0 Å². The molecule has 0 unspecified atom stereocenters. The predicted octanol–water partition coefficient (Wildman–Crippen LogP) is 2.23. The van der Waals surface area contributed by atoms with E-state index in [0.717, 1.165) is 0 Å². The Bertz CT molecular complexity index is 188. The third-order valence-corrected chi connectivity index (χ3v) is 1.19. The smallest absolute Gasteiger partial charge is 0.0199 e. The standard InChI is InChI=1S/C9H14N2/c1-4-9(2)7-5-6-8-11-10-3/h4-8,11H,3H2,1-2H3/b7-5-,8-6+,9-4-. The third kappa shape index (κ3) is 6.58. The fourth-order valence-electron chi connectivity index (χ4n) is 0.455. The summed E-state index contributed by atoms with van der Waals surface area (Å²) in [5.41, 5.74) is 3.84. The van der Waals surface area contributed by atoms with Gasteiger partial charge in [-0.2, -0.15) is 5.10 Å². The van der Waals surface area contributed by atoms with Gasteiger partial charge < -0.3 is 0 Å². The van der Waals surface area contributed by atoms with Gasteiger partial charge in [-0.1, -0.05) is 23.8 Å². The first-order valence-corrected chi connectivity index (χ1v) is 3.48. The van der Waals surface area contributed by atoms with Crippen molar-refractivity contribution in [2.75, 3.05) is 0 Å². The summed E-state index contributed by atoms with van der Waals surface area (Å²) in [6.07, 6.45) is 9.58. The van der Waals surface area contributed by atoms with Gasteiger partial charge in [-0.3, -0.25) is 5.43 Å². The minimum Gasteiger partial charge on any atom is -0.286 e. The molecule has 0 radical (unpaired) electrons. The molecule has 2 heteroatoms. The number of nitrogens with one attached hydrogen (secondary N) is 1. The summed E-state index contributed by atoms with van der Waals surface area (Å²) in [7, 11) is 0. The van der Waals surface area contributed by atoms with E-state index in [9.17, 15) is 0 Å². The summed E-state index contributed by atoms with van der Waals surface area (Å²) in [6.45, 7) is 7.31. The van der Waals surface area contributed by atoms with Gasteiger partial charge in [-0.25, -0.2) is 0 Å². The zero-order valence-electron chi connectivity index (χ0n) is 7.04. The van der Waals surface area contributed by atoms with Crippen molar-refractivity contribution in [1.82, 2.24) is 5.43 Å². The molecule has 11 heavy (non-hydrogen) atoms. The molecule has 0 aromatic heterocycles. The van der Waals surface area contributed by atoms with E-state index in [-0.39, 0.29) is 0 Å². The van der Waals surface area contributed by atoms with E-state index >= 15 is 0 Å². The minimum absolute atomic E-state index is 1.24. The zero-order chi connectivity index (χ0) is 8.53. The van der Waals surface area contributed by atoms with Crippen molar-refractivity contribution < 1.29 is 0 Å². The molecule has 0 saturated carbocycles. The molecule has 0 atom stereocenters. The van der Waals surface area contributed by atoms with Crippen LogP contribution in [0.4, 0.5) is 0 Å². The lowest BCUT2D eigenvalue weighted by Crippen LogP contribution is -1.88. The molecule has 0 heterocycles. The average molecular weight is 150 g/mol. The first-order chi connectivity index (χ1) is 5.31. The molecule has 2 nitrogen and oxygen atoms in total. The lowest BCUT2D eigenvalue weighted by atomic mass is 10.3. The van der Waals surface area contributed by atoms with E-state index in [1.807, 2.05) is 38.2 Å². The summed E-state index contributed by atoms with van der Waals surface area (Å²) in [5.74, 6) is 0. The second-order valence-corrected chi connectivity index (χ2v) is 2.04. The Kier molecular flexibility index (Phi) is 5.99. The highest BCUT2D eigenvalue weighted by Crippen LogP contribution is 1.92. The van der Waals surface area contributed by atoms with Crippen LogP contribution in [0.1, 0.15) is 13.8 Å². The molecule has 0 rings (SSSR count). The number of nitrogens with zero attached hydrogens (tertiary/aromatic N) is 1. The van der Waals surface area contributed by atoms with Crippen LogP contribution < -0.4 is 5.43 Å². The maximum absolute atomic E-state index is 3.44. The lowest BCUT2D eigenvalue weighted by Gasteiger charge is -1.85. The van der Waals surface area contributed by atoms with Crippen molar-refractivity contribution in [3.05, 3.63) is 36.1 Å². The van der Waals surface area contributed by atoms with Crippen LogP contribution in [-0.2, 0) is 0 Å². The largest absolute Gasteiger partial charge is 0.286 e. The summed E-state index contributed by atoms with van der Waals surface area (Å²) in [4.78, 5) is 0. The normalized spacial score (nSPS) is 12.7. The van der Waals surface area contributed by atoms with E-state index in [2.05, 4.69) is 17.2 Å². The van der Waals surface area contributed by atoms with Gasteiger partial charge in [0.05, 0.1) is 0 Å². The summed E-state index contributed by atoms with van der Waals surface area (Å²) in [5, 5.41) is 3.44.